The number of hydrogen-bond donors (Lipinski definition) is 1. The van der Waals surface area contributed by atoms with E-state index in [0.29, 0.717) is 11.5 Å². The lowest BCUT2D eigenvalue weighted by Crippen LogP contribution is -2.38. The SMILES string of the molecule is Cc1nc(C2CCN(C(=O)c3ccc(=O)[nH]c3)CC2)sc1C. The third-order valence-corrected chi connectivity index (χ3v) is 5.44. The van der Waals surface area contributed by atoms with E-state index in [1.807, 2.05) is 11.8 Å². The van der Waals surface area contributed by atoms with Crippen LogP contribution in [0.15, 0.2) is 23.1 Å². The summed E-state index contributed by atoms with van der Waals surface area (Å²) in [5.41, 5.74) is 1.47. The van der Waals surface area contributed by atoms with Gasteiger partial charge in [-0.05, 0) is 32.8 Å². The highest BCUT2D eigenvalue weighted by Crippen LogP contribution is 2.32. The van der Waals surface area contributed by atoms with E-state index in [1.54, 1.807) is 17.4 Å². The number of hydrogen-bond acceptors (Lipinski definition) is 4. The number of rotatable bonds is 2. The van der Waals surface area contributed by atoms with Crippen LogP contribution in [0.5, 0.6) is 0 Å². The first kappa shape index (κ1) is 15.0. The number of nitrogens with one attached hydrogen (secondary N) is 1. The molecule has 1 amide bonds. The van der Waals surface area contributed by atoms with Gasteiger partial charge in [0.2, 0.25) is 5.56 Å². The first-order chi connectivity index (χ1) is 10.5. The van der Waals surface area contributed by atoms with E-state index >= 15 is 0 Å². The van der Waals surface area contributed by atoms with E-state index in [9.17, 15) is 9.59 Å². The summed E-state index contributed by atoms with van der Waals surface area (Å²) in [6, 6.07) is 2.97. The molecule has 0 spiro atoms. The molecule has 1 aliphatic heterocycles. The van der Waals surface area contributed by atoms with E-state index in [0.717, 1.165) is 31.6 Å². The number of carbonyl (C=O) groups is 1. The lowest BCUT2D eigenvalue weighted by molar-refractivity contribution is 0.0712. The molecule has 3 heterocycles. The largest absolute Gasteiger partial charge is 0.339 e. The number of pyridine rings is 1. The lowest BCUT2D eigenvalue weighted by atomic mass is 9.97. The molecule has 116 valence electrons. The normalized spacial score (nSPS) is 16.0. The van der Waals surface area contributed by atoms with Gasteiger partial charge in [0.15, 0.2) is 0 Å². The van der Waals surface area contributed by atoms with Crippen molar-refractivity contribution in [2.75, 3.05) is 13.1 Å². The Labute approximate surface area is 133 Å². The zero-order chi connectivity index (χ0) is 15.7. The first-order valence-electron chi connectivity index (χ1n) is 7.46. The van der Waals surface area contributed by atoms with Crippen LogP contribution in [-0.4, -0.2) is 33.9 Å². The van der Waals surface area contributed by atoms with Crippen molar-refractivity contribution >= 4 is 17.2 Å². The lowest BCUT2D eigenvalue weighted by Gasteiger charge is -2.31. The Kier molecular flexibility index (Phi) is 4.11. The second-order valence-electron chi connectivity index (χ2n) is 5.70. The van der Waals surface area contributed by atoms with Crippen molar-refractivity contribution in [2.45, 2.75) is 32.6 Å². The van der Waals surface area contributed by atoms with Crippen LogP contribution in [0.2, 0.25) is 0 Å². The molecule has 0 saturated carbocycles. The number of aromatic nitrogens is 2. The van der Waals surface area contributed by atoms with Crippen LogP contribution in [0.1, 0.15) is 44.7 Å². The Morgan fingerprint density at radius 2 is 2.05 bits per heavy atom. The number of aromatic amines is 1. The molecular formula is C16H19N3O2S. The van der Waals surface area contributed by atoms with Crippen LogP contribution in [0.3, 0.4) is 0 Å². The van der Waals surface area contributed by atoms with Crippen molar-refractivity contribution in [2.24, 2.45) is 0 Å². The van der Waals surface area contributed by atoms with E-state index in [1.165, 1.54) is 22.1 Å². The summed E-state index contributed by atoms with van der Waals surface area (Å²) in [6.45, 7) is 5.62. The Morgan fingerprint density at radius 3 is 2.59 bits per heavy atom. The molecule has 1 fully saturated rings. The number of likely N-dealkylation sites (tertiary alicyclic amines) is 1. The second kappa shape index (κ2) is 6.04. The molecule has 1 saturated heterocycles. The molecule has 6 heteroatoms. The average molecular weight is 317 g/mol. The molecule has 22 heavy (non-hydrogen) atoms. The number of H-pyrrole nitrogens is 1. The maximum Gasteiger partial charge on any atom is 0.255 e. The van der Waals surface area contributed by atoms with Gasteiger partial charge in [0.1, 0.15) is 0 Å². The molecule has 2 aromatic rings. The number of amides is 1. The van der Waals surface area contributed by atoms with Gasteiger partial charge in [-0.25, -0.2) is 4.98 Å². The van der Waals surface area contributed by atoms with Crippen LogP contribution in [-0.2, 0) is 0 Å². The van der Waals surface area contributed by atoms with E-state index in [4.69, 9.17) is 0 Å². The average Bonchev–Trinajstić information content (AvgIpc) is 2.87. The Bertz CT molecular complexity index is 702. The zero-order valence-electron chi connectivity index (χ0n) is 12.8. The summed E-state index contributed by atoms with van der Waals surface area (Å²) >= 11 is 1.77. The van der Waals surface area contributed by atoms with Crippen LogP contribution in [0, 0.1) is 13.8 Å². The summed E-state index contributed by atoms with van der Waals surface area (Å²) in [4.78, 5) is 33.8. The minimum atomic E-state index is -0.190. The van der Waals surface area contributed by atoms with Crippen molar-refractivity contribution in [3.05, 3.63) is 49.8 Å². The molecule has 2 aromatic heterocycles. The zero-order valence-corrected chi connectivity index (χ0v) is 13.6. The Morgan fingerprint density at radius 1 is 1.32 bits per heavy atom. The van der Waals surface area contributed by atoms with Crippen molar-refractivity contribution in [3.8, 4) is 0 Å². The first-order valence-corrected chi connectivity index (χ1v) is 8.28. The summed E-state index contributed by atoms with van der Waals surface area (Å²) in [5.74, 6) is 0.443. The van der Waals surface area contributed by atoms with Gasteiger partial charge in [0.05, 0.1) is 16.3 Å². The predicted octanol–water partition coefficient (Wildman–Crippen LogP) is 2.47. The molecule has 0 aliphatic carbocycles. The van der Waals surface area contributed by atoms with Gasteiger partial charge in [-0.2, -0.15) is 0 Å². The Balaban J connectivity index is 1.65. The van der Waals surface area contributed by atoms with Crippen molar-refractivity contribution in [3.63, 3.8) is 0 Å². The van der Waals surface area contributed by atoms with E-state index in [2.05, 4.69) is 16.9 Å². The summed E-state index contributed by atoms with van der Waals surface area (Å²) in [5, 5.41) is 1.20. The number of carbonyl (C=O) groups excluding carboxylic acids is 1. The highest BCUT2D eigenvalue weighted by atomic mass is 32.1. The molecule has 0 atom stereocenters. The molecular weight excluding hydrogens is 298 g/mol. The fourth-order valence-corrected chi connectivity index (χ4v) is 3.82. The predicted molar refractivity (Wildman–Crippen MR) is 86.5 cm³/mol. The van der Waals surface area contributed by atoms with Gasteiger partial charge >= 0.3 is 0 Å². The highest BCUT2D eigenvalue weighted by molar-refractivity contribution is 7.11. The van der Waals surface area contributed by atoms with Crippen LogP contribution in [0.25, 0.3) is 0 Å². The molecule has 5 nitrogen and oxygen atoms in total. The molecule has 0 unspecified atom stereocenters. The smallest absolute Gasteiger partial charge is 0.255 e. The maximum atomic E-state index is 12.4. The topological polar surface area (TPSA) is 66.1 Å². The van der Waals surface area contributed by atoms with E-state index < -0.39 is 0 Å². The summed E-state index contributed by atoms with van der Waals surface area (Å²) in [6.07, 6.45) is 3.38. The van der Waals surface area contributed by atoms with Crippen molar-refractivity contribution in [1.82, 2.24) is 14.9 Å². The van der Waals surface area contributed by atoms with Crippen molar-refractivity contribution in [1.29, 1.82) is 0 Å². The standard InChI is InChI=1S/C16H19N3O2S/c1-10-11(2)22-15(18-10)12-5-7-19(8-6-12)16(21)13-3-4-14(20)17-9-13/h3-4,9,12H,5-8H2,1-2H3,(H,17,20). The second-order valence-corrected chi connectivity index (χ2v) is 6.94. The third kappa shape index (κ3) is 2.97. The third-order valence-electron chi connectivity index (χ3n) is 4.21. The minimum absolute atomic E-state index is 0.0128. The fourth-order valence-electron chi connectivity index (χ4n) is 2.73. The number of piperidine rings is 1. The molecule has 1 N–H and O–H groups in total. The van der Waals surface area contributed by atoms with Crippen molar-refractivity contribution < 1.29 is 4.79 Å². The van der Waals surface area contributed by atoms with Gasteiger partial charge in [0, 0.05) is 36.1 Å². The van der Waals surface area contributed by atoms with Crippen LogP contribution < -0.4 is 5.56 Å². The molecule has 0 aromatic carbocycles. The van der Waals surface area contributed by atoms with Gasteiger partial charge < -0.3 is 9.88 Å². The van der Waals surface area contributed by atoms with E-state index in [-0.39, 0.29) is 11.5 Å². The molecule has 3 rings (SSSR count). The maximum absolute atomic E-state index is 12.4. The monoisotopic (exact) mass is 317 g/mol. The van der Waals surface area contributed by atoms with Gasteiger partial charge in [-0.1, -0.05) is 0 Å². The van der Waals surface area contributed by atoms with Crippen LogP contribution >= 0.6 is 11.3 Å². The highest BCUT2D eigenvalue weighted by Gasteiger charge is 2.26. The van der Waals surface area contributed by atoms with Gasteiger partial charge in [0.25, 0.3) is 5.91 Å². The number of nitrogens with zero attached hydrogens (tertiary/aromatic N) is 2. The van der Waals surface area contributed by atoms with Gasteiger partial charge in [-0.15, -0.1) is 11.3 Å². The summed E-state index contributed by atoms with van der Waals surface area (Å²) in [7, 11) is 0. The van der Waals surface area contributed by atoms with Gasteiger partial charge in [-0.3, -0.25) is 9.59 Å². The number of aryl methyl sites for hydroxylation is 2. The number of thiazole rings is 1. The molecule has 0 bridgehead atoms. The molecule has 0 radical (unpaired) electrons. The molecule has 1 aliphatic rings. The fraction of sp³-hybridized carbons (Fsp3) is 0.438. The Hall–Kier alpha value is -1.95. The quantitative estimate of drug-likeness (QED) is 0.925. The van der Waals surface area contributed by atoms with Crippen LogP contribution in [0.4, 0.5) is 0 Å². The summed E-state index contributed by atoms with van der Waals surface area (Å²) < 4.78 is 0. The minimum Gasteiger partial charge on any atom is -0.339 e.